The lowest BCUT2D eigenvalue weighted by atomic mass is 10.1. The summed E-state index contributed by atoms with van der Waals surface area (Å²) >= 11 is 0. The summed E-state index contributed by atoms with van der Waals surface area (Å²) in [6.45, 7) is 1.88. The van der Waals surface area contributed by atoms with Gasteiger partial charge in [0.15, 0.2) is 5.78 Å². The van der Waals surface area contributed by atoms with E-state index in [4.69, 9.17) is 0 Å². The molecule has 0 fully saturated rings. The van der Waals surface area contributed by atoms with Gasteiger partial charge in [0.25, 0.3) is 5.91 Å². The van der Waals surface area contributed by atoms with Gasteiger partial charge in [-0.15, -0.1) is 0 Å². The Bertz CT molecular complexity index is 577. The van der Waals surface area contributed by atoms with E-state index in [1.165, 1.54) is 6.92 Å². The molecule has 1 heterocycles. The molecule has 4 heteroatoms. The summed E-state index contributed by atoms with van der Waals surface area (Å²) < 4.78 is 0. The van der Waals surface area contributed by atoms with E-state index in [0.717, 1.165) is 5.69 Å². The molecule has 1 amide bonds. The Morgan fingerprint density at radius 3 is 2.32 bits per heavy atom. The largest absolute Gasteiger partial charge is 0.346 e. The van der Waals surface area contributed by atoms with Crippen LogP contribution in [0, 0.1) is 0 Å². The van der Waals surface area contributed by atoms with Gasteiger partial charge in [0.05, 0.1) is 12.2 Å². The highest BCUT2D eigenvalue weighted by atomic mass is 16.1. The minimum absolute atomic E-state index is 0.0135. The van der Waals surface area contributed by atoms with Gasteiger partial charge in [-0.1, -0.05) is 18.2 Å². The Kier molecular flexibility index (Phi) is 4.03. The molecule has 0 saturated carbocycles. The summed E-state index contributed by atoms with van der Waals surface area (Å²) in [5.41, 5.74) is 1.93. The number of nitrogens with zero attached hydrogens (tertiary/aromatic N) is 1. The van der Waals surface area contributed by atoms with Gasteiger partial charge >= 0.3 is 0 Å². The first kappa shape index (κ1) is 13.0. The van der Waals surface area contributed by atoms with Crippen LogP contribution in [-0.2, 0) is 6.54 Å². The van der Waals surface area contributed by atoms with E-state index in [0.29, 0.717) is 17.7 Å². The van der Waals surface area contributed by atoms with Gasteiger partial charge < -0.3 is 5.32 Å². The first-order chi connectivity index (χ1) is 9.16. The van der Waals surface area contributed by atoms with E-state index in [9.17, 15) is 9.59 Å². The van der Waals surface area contributed by atoms with E-state index < -0.39 is 0 Å². The summed E-state index contributed by atoms with van der Waals surface area (Å²) in [6, 6.07) is 12.1. The third kappa shape index (κ3) is 3.48. The minimum atomic E-state index is -0.180. The molecule has 1 aromatic carbocycles. The van der Waals surface area contributed by atoms with Gasteiger partial charge in [0.1, 0.15) is 0 Å². The lowest BCUT2D eigenvalue weighted by molar-refractivity contribution is 0.0948. The fourth-order valence-electron chi connectivity index (χ4n) is 1.63. The van der Waals surface area contributed by atoms with Crippen LogP contribution in [0.2, 0.25) is 0 Å². The molecule has 0 bridgehead atoms. The topological polar surface area (TPSA) is 59.1 Å². The van der Waals surface area contributed by atoms with Crippen molar-refractivity contribution in [1.29, 1.82) is 0 Å². The number of pyridine rings is 1. The number of aromatic nitrogens is 1. The van der Waals surface area contributed by atoms with Crippen LogP contribution in [0.15, 0.2) is 48.7 Å². The Morgan fingerprint density at radius 2 is 1.74 bits per heavy atom. The smallest absolute Gasteiger partial charge is 0.251 e. The number of rotatable bonds is 4. The van der Waals surface area contributed by atoms with E-state index in [1.807, 2.05) is 18.2 Å². The van der Waals surface area contributed by atoms with Crippen molar-refractivity contribution in [3.05, 3.63) is 65.5 Å². The maximum atomic E-state index is 11.9. The standard InChI is InChI=1S/C15H14N2O2/c1-11(18)12-5-7-13(8-6-12)15(19)17-10-14-4-2-3-9-16-14/h2-9H,10H2,1H3,(H,17,19). The number of hydrogen-bond donors (Lipinski definition) is 1. The Hall–Kier alpha value is -2.49. The van der Waals surface area contributed by atoms with Gasteiger partial charge in [-0.3, -0.25) is 14.6 Å². The molecule has 0 radical (unpaired) electrons. The SMILES string of the molecule is CC(=O)c1ccc(C(=O)NCc2ccccn2)cc1. The average molecular weight is 254 g/mol. The molecular weight excluding hydrogens is 240 g/mol. The average Bonchev–Trinajstić information content (AvgIpc) is 2.46. The minimum Gasteiger partial charge on any atom is -0.346 e. The van der Waals surface area contributed by atoms with Crippen molar-refractivity contribution in [2.45, 2.75) is 13.5 Å². The molecule has 2 rings (SSSR count). The summed E-state index contributed by atoms with van der Waals surface area (Å²) in [7, 11) is 0. The normalized spacial score (nSPS) is 9.95. The lowest BCUT2D eigenvalue weighted by Gasteiger charge is -2.05. The summed E-state index contributed by atoms with van der Waals surface area (Å²) in [4.78, 5) is 27.1. The molecular formula is C15H14N2O2. The Labute approximate surface area is 111 Å². The number of carbonyl (C=O) groups is 2. The first-order valence-corrected chi connectivity index (χ1v) is 5.96. The Balaban J connectivity index is 1.98. The molecule has 0 unspecified atom stereocenters. The number of hydrogen-bond acceptors (Lipinski definition) is 3. The van der Waals surface area contributed by atoms with Gasteiger partial charge in [-0.25, -0.2) is 0 Å². The summed E-state index contributed by atoms with van der Waals surface area (Å²) in [5.74, 6) is -0.193. The fraction of sp³-hybridized carbons (Fsp3) is 0.133. The third-order valence-electron chi connectivity index (χ3n) is 2.71. The van der Waals surface area contributed by atoms with E-state index in [-0.39, 0.29) is 11.7 Å². The van der Waals surface area contributed by atoms with Crippen LogP contribution in [0.3, 0.4) is 0 Å². The highest BCUT2D eigenvalue weighted by molar-refractivity contribution is 5.97. The van der Waals surface area contributed by atoms with Gasteiger partial charge in [0.2, 0.25) is 0 Å². The van der Waals surface area contributed by atoms with Crippen molar-refractivity contribution in [1.82, 2.24) is 10.3 Å². The number of amides is 1. The monoisotopic (exact) mass is 254 g/mol. The highest BCUT2D eigenvalue weighted by Crippen LogP contribution is 2.05. The molecule has 0 aliphatic rings. The zero-order valence-electron chi connectivity index (χ0n) is 10.6. The molecule has 0 saturated heterocycles. The van der Waals surface area contributed by atoms with Gasteiger partial charge in [-0.05, 0) is 31.2 Å². The summed E-state index contributed by atoms with van der Waals surface area (Å²) in [6.07, 6.45) is 1.68. The number of ketones is 1. The van der Waals surface area contributed by atoms with Crippen molar-refractivity contribution in [2.24, 2.45) is 0 Å². The fourth-order valence-corrected chi connectivity index (χ4v) is 1.63. The predicted molar refractivity (Wildman–Crippen MR) is 71.9 cm³/mol. The number of nitrogens with one attached hydrogen (secondary N) is 1. The van der Waals surface area contributed by atoms with Crippen molar-refractivity contribution >= 4 is 11.7 Å². The summed E-state index contributed by atoms with van der Waals surface area (Å²) in [5, 5.41) is 2.78. The van der Waals surface area contributed by atoms with Crippen molar-refractivity contribution in [2.75, 3.05) is 0 Å². The van der Waals surface area contributed by atoms with Crippen LogP contribution in [-0.4, -0.2) is 16.7 Å². The quantitative estimate of drug-likeness (QED) is 0.851. The van der Waals surface area contributed by atoms with Gasteiger partial charge in [-0.2, -0.15) is 0 Å². The van der Waals surface area contributed by atoms with E-state index in [2.05, 4.69) is 10.3 Å². The molecule has 0 aliphatic carbocycles. The van der Waals surface area contributed by atoms with Crippen LogP contribution >= 0.6 is 0 Å². The van der Waals surface area contributed by atoms with Crippen molar-refractivity contribution in [3.8, 4) is 0 Å². The van der Waals surface area contributed by atoms with Crippen molar-refractivity contribution < 1.29 is 9.59 Å². The molecule has 1 N–H and O–H groups in total. The second kappa shape index (κ2) is 5.91. The molecule has 2 aromatic rings. The lowest BCUT2D eigenvalue weighted by Crippen LogP contribution is -2.23. The van der Waals surface area contributed by atoms with Crippen LogP contribution in [0.4, 0.5) is 0 Å². The second-order valence-electron chi connectivity index (χ2n) is 4.14. The van der Waals surface area contributed by atoms with E-state index >= 15 is 0 Å². The zero-order valence-corrected chi connectivity index (χ0v) is 10.6. The molecule has 0 aliphatic heterocycles. The third-order valence-corrected chi connectivity index (χ3v) is 2.71. The predicted octanol–water partition coefficient (Wildman–Crippen LogP) is 2.21. The molecule has 1 aromatic heterocycles. The second-order valence-corrected chi connectivity index (χ2v) is 4.14. The molecule has 4 nitrogen and oxygen atoms in total. The number of Topliss-reactive ketones (excluding diaryl/α,β-unsaturated/α-hetero) is 1. The van der Waals surface area contributed by atoms with Gasteiger partial charge in [0, 0.05) is 17.3 Å². The first-order valence-electron chi connectivity index (χ1n) is 5.96. The van der Waals surface area contributed by atoms with Crippen LogP contribution in [0.5, 0.6) is 0 Å². The van der Waals surface area contributed by atoms with E-state index in [1.54, 1.807) is 30.5 Å². The van der Waals surface area contributed by atoms with Crippen molar-refractivity contribution in [3.63, 3.8) is 0 Å². The maximum absolute atomic E-state index is 11.9. The highest BCUT2D eigenvalue weighted by Gasteiger charge is 2.06. The maximum Gasteiger partial charge on any atom is 0.251 e. The molecule has 96 valence electrons. The molecule has 0 atom stereocenters. The van der Waals surface area contributed by atoms with Crippen LogP contribution in [0.25, 0.3) is 0 Å². The molecule has 0 spiro atoms. The number of carbonyl (C=O) groups excluding carboxylic acids is 2. The zero-order chi connectivity index (χ0) is 13.7. The molecule has 19 heavy (non-hydrogen) atoms. The van der Waals surface area contributed by atoms with Crippen LogP contribution < -0.4 is 5.32 Å². The number of benzene rings is 1. The van der Waals surface area contributed by atoms with Crippen LogP contribution in [0.1, 0.15) is 33.3 Å². The Morgan fingerprint density at radius 1 is 1.05 bits per heavy atom.